The van der Waals surface area contributed by atoms with Crippen molar-refractivity contribution in [3.8, 4) is 11.8 Å². The summed E-state index contributed by atoms with van der Waals surface area (Å²) in [6.07, 6.45) is 1.97. The van der Waals surface area contributed by atoms with Gasteiger partial charge in [-0.1, -0.05) is 31.9 Å². The molecule has 208 valence electrons. The molecule has 1 aromatic carbocycles. The Morgan fingerprint density at radius 2 is 1.50 bits per heavy atom. The molecule has 0 heterocycles. The highest BCUT2D eigenvalue weighted by Crippen LogP contribution is 2.12. The van der Waals surface area contributed by atoms with Crippen LogP contribution in [0.5, 0.6) is 5.75 Å². The van der Waals surface area contributed by atoms with E-state index >= 15 is 0 Å². The summed E-state index contributed by atoms with van der Waals surface area (Å²) < 4.78 is 0. The van der Waals surface area contributed by atoms with Crippen LogP contribution in [-0.4, -0.2) is 64.0 Å². The Labute approximate surface area is 222 Å². The molecule has 0 fully saturated rings. The average Bonchev–Trinajstić information content (AvgIpc) is 2.86. The summed E-state index contributed by atoms with van der Waals surface area (Å²) in [5.74, 6) is -3.22. The Morgan fingerprint density at radius 3 is 2.05 bits per heavy atom. The number of hydrogen-bond acceptors (Lipinski definition) is 7. The van der Waals surface area contributed by atoms with E-state index in [2.05, 4.69) is 21.3 Å². The van der Waals surface area contributed by atoms with Crippen molar-refractivity contribution in [2.45, 2.75) is 89.9 Å². The number of hydrogen-bond donors (Lipinski definition) is 6. The number of nitrogens with one attached hydrogen (secondary N) is 4. The van der Waals surface area contributed by atoms with Crippen LogP contribution < -0.4 is 21.3 Å². The molecule has 6 N–H and O–H groups in total. The van der Waals surface area contributed by atoms with Gasteiger partial charge in [-0.3, -0.25) is 24.0 Å². The summed E-state index contributed by atoms with van der Waals surface area (Å²) >= 11 is 0. The molecule has 0 aliphatic rings. The van der Waals surface area contributed by atoms with E-state index in [9.17, 15) is 29.1 Å². The van der Waals surface area contributed by atoms with E-state index in [4.69, 9.17) is 10.4 Å². The zero-order valence-electron chi connectivity index (χ0n) is 22.0. The zero-order chi connectivity index (χ0) is 28.7. The number of rotatable bonds is 16. The Bertz CT molecular complexity index is 1010. The summed E-state index contributed by atoms with van der Waals surface area (Å²) in [6.45, 7) is 4.62. The van der Waals surface area contributed by atoms with Crippen LogP contribution in [-0.2, 0) is 30.4 Å². The smallest absolute Gasteiger partial charge is 0.303 e. The Hall–Kier alpha value is -4.14. The van der Waals surface area contributed by atoms with Crippen LogP contribution in [0, 0.1) is 11.3 Å². The van der Waals surface area contributed by atoms with Crippen molar-refractivity contribution < 1.29 is 34.2 Å². The molecule has 0 aromatic heterocycles. The molecule has 0 aliphatic heterocycles. The van der Waals surface area contributed by atoms with Crippen molar-refractivity contribution >= 4 is 29.6 Å². The lowest BCUT2D eigenvalue weighted by Crippen LogP contribution is -2.56. The van der Waals surface area contributed by atoms with Gasteiger partial charge in [-0.2, -0.15) is 5.26 Å². The van der Waals surface area contributed by atoms with Gasteiger partial charge in [-0.15, -0.1) is 0 Å². The number of benzene rings is 1. The molecule has 0 unspecified atom stereocenters. The van der Waals surface area contributed by atoms with E-state index < -0.39 is 53.8 Å². The van der Waals surface area contributed by atoms with E-state index in [1.54, 1.807) is 12.1 Å². The van der Waals surface area contributed by atoms with Crippen molar-refractivity contribution in [2.24, 2.45) is 0 Å². The van der Waals surface area contributed by atoms with Crippen LogP contribution in [0.3, 0.4) is 0 Å². The molecule has 1 aromatic rings. The summed E-state index contributed by atoms with van der Waals surface area (Å²) in [4.78, 5) is 60.9. The first kappa shape index (κ1) is 31.9. The van der Waals surface area contributed by atoms with Crippen molar-refractivity contribution in [1.82, 2.24) is 21.3 Å². The maximum absolute atomic E-state index is 13.1. The van der Waals surface area contributed by atoms with Gasteiger partial charge in [0, 0.05) is 13.3 Å². The normalized spacial score (nSPS) is 13.6. The first-order valence-electron chi connectivity index (χ1n) is 12.5. The largest absolute Gasteiger partial charge is 0.508 e. The number of nitrogens with zero attached hydrogens (tertiary/aromatic N) is 1. The number of carbonyl (C=O) groups is 5. The van der Waals surface area contributed by atoms with Crippen molar-refractivity contribution in [3.63, 3.8) is 0 Å². The van der Waals surface area contributed by atoms with Crippen molar-refractivity contribution in [2.75, 3.05) is 0 Å². The molecule has 12 nitrogen and oxygen atoms in total. The summed E-state index contributed by atoms with van der Waals surface area (Å²) in [5.41, 5.74) is 0.852. The summed E-state index contributed by atoms with van der Waals surface area (Å²) in [5, 5.41) is 37.6. The van der Waals surface area contributed by atoms with Crippen LogP contribution in [0.4, 0.5) is 0 Å². The second kappa shape index (κ2) is 16.6. The average molecular weight is 532 g/mol. The fourth-order valence-electron chi connectivity index (χ4n) is 3.55. The second-order valence-electron chi connectivity index (χ2n) is 9.01. The number of carboxylic acid groups (broad SMARTS) is 1. The maximum atomic E-state index is 13.1. The number of aromatic hydroxyl groups is 1. The van der Waals surface area contributed by atoms with Crippen LogP contribution in [0.2, 0.25) is 0 Å². The lowest BCUT2D eigenvalue weighted by Gasteiger charge is -2.24. The van der Waals surface area contributed by atoms with Gasteiger partial charge in [0.25, 0.3) is 0 Å². The van der Waals surface area contributed by atoms with Crippen molar-refractivity contribution in [1.29, 1.82) is 5.26 Å². The number of phenols is 1. The summed E-state index contributed by atoms with van der Waals surface area (Å²) in [7, 11) is 0. The molecule has 0 saturated carbocycles. The highest BCUT2D eigenvalue weighted by molar-refractivity contribution is 5.94. The number of nitriles is 1. The number of phenolic OH excluding ortho intramolecular Hbond substituents is 1. The number of carbonyl (C=O) groups excluding carboxylic acids is 4. The highest BCUT2D eigenvalue weighted by atomic mass is 16.4. The molecule has 0 aliphatic carbocycles. The molecule has 0 radical (unpaired) electrons. The third kappa shape index (κ3) is 12.2. The Morgan fingerprint density at radius 1 is 0.895 bits per heavy atom. The molecule has 1 rings (SSSR count). The zero-order valence-corrected chi connectivity index (χ0v) is 22.0. The highest BCUT2D eigenvalue weighted by Gasteiger charge is 2.28. The standard InChI is InChI=1S/C26H37N5O7/c1-4-5-6-21(25(37)28-16(2)24(36)30-19(15-27)10-14-23(34)35)31-26(38)22(29-17(3)32)13-9-18-7-11-20(33)12-8-18/h7-8,11-12,16,19,21-22,33H,4-6,9-10,13-14H2,1-3H3,(H,28,37)(H,29,32)(H,30,36)(H,31,38)(H,34,35)/t16-,19-,21-,22-/m0/s1. The number of aliphatic carboxylic acids is 1. The van der Waals surface area contributed by atoms with Crippen molar-refractivity contribution in [3.05, 3.63) is 29.8 Å². The SMILES string of the molecule is CCCC[C@H](NC(=O)[C@H](CCc1ccc(O)cc1)NC(C)=O)C(=O)N[C@@H](C)C(=O)N[C@H](C#N)CCC(=O)O. The minimum absolute atomic E-state index is 0.0812. The van der Waals surface area contributed by atoms with Gasteiger partial charge < -0.3 is 31.5 Å². The predicted octanol–water partition coefficient (Wildman–Crippen LogP) is 0.882. The third-order valence-corrected chi connectivity index (χ3v) is 5.70. The molecule has 4 atom stereocenters. The second-order valence-corrected chi connectivity index (χ2v) is 9.01. The summed E-state index contributed by atoms with van der Waals surface area (Å²) in [6, 6.07) is 4.32. The fraction of sp³-hybridized carbons (Fsp3) is 0.538. The van der Waals surface area contributed by atoms with Gasteiger partial charge in [0.2, 0.25) is 23.6 Å². The molecule has 0 saturated heterocycles. The molecule has 0 bridgehead atoms. The number of amides is 4. The fourth-order valence-corrected chi connectivity index (χ4v) is 3.55. The monoisotopic (exact) mass is 531 g/mol. The molecular formula is C26H37N5O7. The predicted molar refractivity (Wildman–Crippen MR) is 138 cm³/mol. The Balaban J connectivity index is 2.84. The third-order valence-electron chi connectivity index (χ3n) is 5.70. The first-order valence-corrected chi connectivity index (χ1v) is 12.5. The van der Waals surface area contributed by atoms with Gasteiger partial charge in [0.05, 0.1) is 6.07 Å². The van der Waals surface area contributed by atoms with E-state index in [0.29, 0.717) is 19.3 Å². The van der Waals surface area contributed by atoms with Crippen LogP contribution in [0.25, 0.3) is 0 Å². The molecule has 38 heavy (non-hydrogen) atoms. The van der Waals surface area contributed by atoms with E-state index in [0.717, 1.165) is 12.0 Å². The van der Waals surface area contributed by atoms with Gasteiger partial charge in [0.1, 0.15) is 29.9 Å². The quantitative estimate of drug-likeness (QED) is 0.181. The molecule has 12 heteroatoms. The number of unbranched alkanes of at least 4 members (excludes halogenated alkanes) is 1. The Kier molecular flexibility index (Phi) is 13.9. The van der Waals surface area contributed by atoms with Gasteiger partial charge in [-0.05, 0) is 50.3 Å². The lowest BCUT2D eigenvalue weighted by atomic mass is 10.0. The molecule has 0 spiro atoms. The van der Waals surface area contributed by atoms with Crippen LogP contribution in [0.1, 0.15) is 64.9 Å². The molecular weight excluding hydrogens is 494 g/mol. The van der Waals surface area contributed by atoms with E-state index in [1.807, 2.05) is 13.0 Å². The van der Waals surface area contributed by atoms with E-state index in [-0.39, 0.29) is 25.0 Å². The minimum Gasteiger partial charge on any atom is -0.508 e. The number of carboxylic acids is 1. The van der Waals surface area contributed by atoms with E-state index in [1.165, 1.54) is 26.0 Å². The number of aryl methyl sites for hydroxylation is 1. The first-order chi connectivity index (χ1) is 18.0. The van der Waals surface area contributed by atoms with Gasteiger partial charge in [0.15, 0.2) is 0 Å². The lowest BCUT2D eigenvalue weighted by molar-refractivity contribution is -0.137. The van der Waals surface area contributed by atoms with Gasteiger partial charge in [-0.25, -0.2) is 0 Å². The maximum Gasteiger partial charge on any atom is 0.303 e. The van der Waals surface area contributed by atoms with Gasteiger partial charge >= 0.3 is 5.97 Å². The van der Waals surface area contributed by atoms with Crippen LogP contribution >= 0.6 is 0 Å². The van der Waals surface area contributed by atoms with Crippen LogP contribution in [0.15, 0.2) is 24.3 Å². The minimum atomic E-state index is -1.10. The topological polar surface area (TPSA) is 198 Å². The molecule has 4 amide bonds.